The molecule has 2 heterocycles. The van der Waals surface area contributed by atoms with E-state index >= 15 is 0 Å². The van der Waals surface area contributed by atoms with Crippen molar-refractivity contribution in [1.29, 1.82) is 0 Å². The first kappa shape index (κ1) is 66.5. The molecule has 0 fully saturated rings. The van der Waals surface area contributed by atoms with E-state index < -0.39 is 23.9 Å². The van der Waals surface area contributed by atoms with Crippen molar-refractivity contribution in [1.82, 2.24) is 0 Å². The van der Waals surface area contributed by atoms with E-state index in [9.17, 15) is 29.4 Å². The van der Waals surface area contributed by atoms with Crippen molar-refractivity contribution in [3.05, 3.63) is 158 Å². The number of aromatic hydroxyl groups is 1. The van der Waals surface area contributed by atoms with Crippen LogP contribution in [0.2, 0.25) is 0 Å². The van der Waals surface area contributed by atoms with Gasteiger partial charge in [0.15, 0.2) is 0 Å². The number of carbonyl (C=O) groups excluding carboxylic acids is 3. The molecule has 8 rings (SSSR count). The van der Waals surface area contributed by atoms with Crippen LogP contribution in [0.1, 0.15) is 149 Å². The molecule has 5 N–H and O–H groups in total. The number of hydrogen-bond donors (Lipinski definition) is 5. The Kier molecular flexibility index (Phi) is 19.7. The van der Waals surface area contributed by atoms with Crippen LogP contribution in [-0.4, -0.2) is 49.8 Å². The second-order valence-corrected chi connectivity index (χ2v) is 23.1. The van der Waals surface area contributed by atoms with E-state index in [0.717, 1.165) is 122 Å². The second-order valence-electron chi connectivity index (χ2n) is 23.1. The molecule has 0 unspecified atom stereocenters. The standard InChI is InChI=1S/C24H27NO4.C24H31NO4.C24H29NO3/c1-10(2)17-20-18(14(6)15(7)21(17)25-24(27)28-9)19-13(5)11(3)12(4)16(8)22(19)29-23(20)26;1-11(2)19-18(10-26)20(15(6)16(7)22(19)25-24(28)29-9)21-14(5)12(3)13(4)17(8)23(21)27;1-11(2)19-18-10-28-23-17(8)13(4)12(3)14(5)21(23)20(18)15(6)16(7)22(19)25-24(26)27-9/h1H2,2-9H3,(H,25,27);26-27H,1,10H2,2-9H3,(H,25,28);1,10H2,2-9H3,(H,25,26). The summed E-state index contributed by atoms with van der Waals surface area (Å²) in [6.07, 6.45) is -1.67. The maximum Gasteiger partial charge on any atom is 0.411 e. The summed E-state index contributed by atoms with van der Waals surface area (Å²) in [6, 6.07) is 0. The molecular formula is C72H87N3O11. The summed E-state index contributed by atoms with van der Waals surface area (Å²) >= 11 is 0. The quantitative estimate of drug-likeness (QED) is 0.0552. The van der Waals surface area contributed by atoms with Crippen molar-refractivity contribution >= 4 is 73.8 Å². The Balaban J connectivity index is 0.000000206. The number of aliphatic hydroxyl groups is 1. The van der Waals surface area contributed by atoms with Crippen LogP contribution in [0, 0.1) is 125 Å². The molecule has 0 atom stereocenters. The van der Waals surface area contributed by atoms with E-state index in [1.165, 1.54) is 54.7 Å². The largest absolute Gasteiger partial charge is 0.507 e. The number of ether oxygens (including phenoxy) is 4. The Bertz CT molecular complexity index is 4140. The molecule has 6 aromatic carbocycles. The SMILES string of the molecule is C=C(C)c1c(CO)c(-c2c(C)c(C)c(C)c(C)c2O)c(C)c(C)c1NC(=O)OC.C=C(C)c1c(NC(=O)OC)c(C)c(C)c2c1c(=O)oc1c(C)c(C)c(C)c(C)c12.C=C(C)c1c2c(c(C)c(C)c1NC(=O)OC)-c1c(C)c(C)c(C)c(C)c1OC2. The van der Waals surface area contributed by atoms with Crippen LogP contribution >= 0.6 is 0 Å². The number of fused-ring (bicyclic) bond motifs is 6. The molecular weight excluding hydrogens is 1080 g/mol. The lowest BCUT2D eigenvalue weighted by atomic mass is 9.80. The predicted octanol–water partition coefficient (Wildman–Crippen LogP) is 17.9. The molecule has 456 valence electrons. The van der Waals surface area contributed by atoms with Crippen molar-refractivity contribution in [3.63, 3.8) is 0 Å². The van der Waals surface area contributed by atoms with Gasteiger partial charge >= 0.3 is 23.9 Å². The van der Waals surface area contributed by atoms with E-state index in [2.05, 4.69) is 84.2 Å². The van der Waals surface area contributed by atoms with Crippen LogP contribution in [0.25, 0.3) is 60.7 Å². The molecule has 0 saturated carbocycles. The highest BCUT2D eigenvalue weighted by molar-refractivity contribution is 6.15. The average molecular weight is 1170 g/mol. The number of anilines is 3. The fourth-order valence-corrected chi connectivity index (χ4v) is 12.3. The highest BCUT2D eigenvalue weighted by atomic mass is 16.5. The molecule has 14 nitrogen and oxygen atoms in total. The summed E-state index contributed by atoms with van der Waals surface area (Å²) in [7, 11) is 3.98. The molecule has 1 aliphatic rings. The molecule has 7 aromatic rings. The van der Waals surface area contributed by atoms with Crippen LogP contribution in [0.3, 0.4) is 0 Å². The number of benzene rings is 6. The highest BCUT2D eigenvalue weighted by Crippen LogP contribution is 2.51. The monoisotopic (exact) mass is 1170 g/mol. The van der Waals surface area contributed by atoms with Crippen molar-refractivity contribution in [3.8, 4) is 33.8 Å². The number of carbonyl (C=O) groups is 3. The number of aryl methyl sites for hydroxylation is 3. The molecule has 1 aliphatic heterocycles. The van der Waals surface area contributed by atoms with Crippen molar-refractivity contribution in [2.75, 3.05) is 37.3 Å². The van der Waals surface area contributed by atoms with Gasteiger partial charge in [-0.25, -0.2) is 19.2 Å². The van der Waals surface area contributed by atoms with Crippen LogP contribution in [0.15, 0.2) is 28.9 Å². The Morgan fingerprint density at radius 3 is 1.28 bits per heavy atom. The van der Waals surface area contributed by atoms with Gasteiger partial charge in [0.2, 0.25) is 0 Å². The number of hydrogen-bond acceptors (Lipinski definition) is 11. The zero-order valence-electron chi connectivity index (χ0n) is 55.1. The zero-order valence-corrected chi connectivity index (χ0v) is 55.1. The zero-order chi connectivity index (χ0) is 64.9. The minimum Gasteiger partial charge on any atom is -0.507 e. The number of amides is 3. The number of allylic oxidation sites excluding steroid dienone is 3. The van der Waals surface area contributed by atoms with E-state index in [1.807, 2.05) is 96.9 Å². The highest BCUT2D eigenvalue weighted by Gasteiger charge is 2.32. The molecule has 0 spiro atoms. The Morgan fingerprint density at radius 2 is 0.814 bits per heavy atom. The fourth-order valence-electron chi connectivity index (χ4n) is 12.3. The summed E-state index contributed by atoms with van der Waals surface area (Å²) in [5.41, 5.74) is 30.9. The minimum atomic E-state index is -0.599. The third-order valence-electron chi connectivity index (χ3n) is 18.5. The first-order valence-electron chi connectivity index (χ1n) is 28.6. The topological polar surface area (TPSA) is 195 Å². The van der Waals surface area contributed by atoms with Gasteiger partial charge in [0.1, 0.15) is 23.7 Å². The van der Waals surface area contributed by atoms with Crippen molar-refractivity contribution in [2.24, 2.45) is 0 Å². The normalized spacial score (nSPS) is 11.3. The predicted molar refractivity (Wildman–Crippen MR) is 353 cm³/mol. The molecule has 0 aliphatic carbocycles. The van der Waals surface area contributed by atoms with Gasteiger partial charge in [0.05, 0.1) is 50.4 Å². The summed E-state index contributed by atoms with van der Waals surface area (Å²) in [5.74, 6) is 1.18. The lowest BCUT2D eigenvalue weighted by molar-refractivity contribution is 0.186. The maximum absolute atomic E-state index is 13.2. The van der Waals surface area contributed by atoms with Crippen molar-refractivity contribution < 1.29 is 48.0 Å². The number of methoxy groups -OCH3 is 3. The number of rotatable bonds is 8. The van der Waals surface area contributed by atoms with Gasteiger partial charge in [-0.1, -0.05) is 19.7 Å². The average Bonchev–Trinajstić information content (AvgIpc) is 0.758. The van der Waals surface area contributed by atoms with Gasteiger partial charge in [-0.15, -0.1) is 0 Å². The van der Waals surface area contributed by atoms with Crippen LogP contribution in [0.5, 0.6) is 11.5 Å². The van der Waals surface area contributed by atoms with Crippen LogP contribution in [0.4, 0.5) is 31.4 Å². The Labute approximate surface area is 507 Å². The Hall–Kier alpha value is -8.62. The van der Waals surface area contributed by atoms with Gasteiger partial charge in [0, 0.05) is 44.2 Å². The van der Waals surface area contributed by atoms with E-state index in [0.29, 0.717) is 62.4 Å². The summed E-state index contributed by atoms with van der Waals surface area (Å²) in [6.45, 7) is 54.6. The second kappa shape index (κ2) is 25.5. The molecule has 1 aromatic heterocycles. The van der Waals surface area contributed by atoms with Gasteiger partial charge in [0.25, 0.3) is 0 Å². The van der Waals surface area contributed by atoms with Crippen molar-refractivity contribution in [2.45, 2.75) is 159 Å². The lowest BCUT2D eigenvalue weighted by Crippen LogP contribution is -2.19. The first-order valence-corrected chi connectivity index (χ1v) is 28.6. The van der Waals surface area contributed by atoms with Gasteiger partial charge in [-0.3, -0.25) is 16.0 Å². The maximum atomic E-state index is 13.2. The Morgan fingerprint density at radius 1 is 0.442 bits per heavy atom. The summed E-state index contributed by atoms with van der Waals surface area (Å²) in [4.78, 5) is 49.1. The number of nitrogens with one attached hydrogen (secondary N) is 3. The minimum absolute atomic E-state index is 0.212. The number of phenolic OH excluding ortho intramolecular Hbond substituents is 1. The fraction of sp³-hybridized carbons (Fsp3) is 0.361. The number of aliphatic hydroxyl groups excluding tert-OH is 1. The van der Waals surface area contributed by atoms with Gasteiger partial charge in [-0.05, 0) is 279 Å². The van der Waals surface area contributed by atoms with Gasteiger partial charge in [-0.2, -0.15) is 0 Å². The summed E-state index contributed by atoms with van der Waals surface area (Å²) < 4.78 is 26.5. The first-order chi connectivity index (χ1) is 40.1. The summed E-state index contributed by atoms with van der Waals surface area (Å²) in [5, 5.41) is 32.1. The van der Waals surface area contributed by atoms with Crippen LogP contribution in [-0.2, 0) is 27.4 Å². The molecule has 0 radical (unpaired) electrons. The molecule has 14 heteroatoms. The van der Waals surface area contributed by atoms with E-state index in [4.69, 9.17) is 23.4 Å². The third-order valence-corrected chi connectivity index (χ3v) is 18.5. The third kappa shape index (κ3) is 11.3. The van der Waals surface area contributed by atoms with Crippen LogP contribution < -0.4 is 26.3 Å². The molecule has 0 bridgehead atoms. The molecule has 0 saturated heterocycles. The van der Waals surface area contributed by atoms with E-state index in [1.54, 1.807) is 0 Å². The van der Waals surface area contributed by atoms with Gasteiger partial charge < -0.3 is 33.6 Å². The molecule has 3 amide bonds. The molecule has 86 heavy (non-hydrogen) atoms. The lowest BCUT2D eigenvalue weighted by Gasteiger charge is -2.32. The smallest absolute Gasteiger partial charge is 0.411 e. The van der Waals surface area contributed by atoms with E-state index in [-0.39, 0.29) is 12.4 Å². The number of phenols is 1.